The van der Waals surface area contributed by atoms with E-state index in [1.54, 1.807) is 0 Å². The molecule has 196 valence electrons. The fourth-order valence-corrected chi connectivity index (χ4v) is 4.68. The van der Waals surface area contributed by atoms with Crippen molar-refractivity contribution < 1.29 is 24.1 Å². The van der Waals surface area contributed by atoms with Crippen molar-refractivity contribution in [1.82, 2.24) is 10.2 Å². The van der Waals surface area contributed by atoms with E-state index in [0.717, 1.165) is 97.8 Å². The Morgan fingerprint density at radius 2 is 1.79 bits per heavy atom. The van der Waals surface area contributed by atoms with Gasteiger partial charge in [0.15, 0.2) is 0 Å². The molecule has 0 aromatic rings. The summed E-state index contributed by atoms with van der Waals surface area (Å²) in [5.41, 5.74) is 0.185. The van der Waals surface area contributed by atoms with E-state index in [-0.39, 0.29) is 11.5 Å². The number of ether oxygens (including phenoxy) is 4. The first-order chi connectivity index (χ1) is 16.2. The van der Waals surface area contributed by atoms with Gasteiger partial charge in [0, 0.05) is 32.8 Å². The first-order valence-corrected chi connectivity index (χ1v) is 13.6. The number of piperidine rings is 1. The molecular weight excluding hydrogens is 420 g/mol. The average molecular weight is 473 g/mol. The van der Waals surface area contributed by atoms with Crippen molar-refractivity contribution in [2.24, 2.45) is 5.41 Å². The van der Waals surface area contributed by atoms with Crippen molar-refractivity contribution in [3.05, 3.63) is 0 Å². The normalized spacial score (nSPS) is 23.9. The third-order valence-electron chi connectivity index (χ3n) is 7.09. The maximum Gasteiger partial charge on any atom is 0.104 e. The summed E-state index contributed by atoms with van der Waals surface area (Å²) in [7, 11) is 0. The number of epoxide rings is 1. The molecule has 0 aromatic carbocycles. The Balaban J connectivity index is 0.000000554. The standard InChI is InChI=1S/C21H41NO5.C5H11N/c1-3-21(9-6-12-24-4-2,18-26-16-20-17-27-20)8-5-7-19(23)15-22-10-13-25-14-11-22;1-2-4-6-5-3-1/h19-20,23H,3-18H2,1-2H3;6H,1-5H2. The summed E-state index contributed by atoms with van der Waals surface area (Å²) in [4.78, 5) is 2.31. The van der Waals surface area contributed by atoms with Gasteiger partial charge in [-0.25, -0.2) is 0 Å². The molecule has 7 nitrogen and oxygen atoms in total. The van der Waals surface area contributed by atoms with E-state index in [1.165, 1.54) is 32.4 Å². The highest BCUT2D eigenvalue weighted by Crippen LogP contribution is 2.35. The third kappa shape index (κ3) is 14.0. The van der Waals surface area contributed by atoms with E-state index in [9.17, 15) is 5.11 Å². The molecule has 0 bridgehead atoms. The van der Waals surface area contributed by atoms with Crippen LogP contribution >= 0.6 is 0 Å². The van der Waals surface area contributed by atoms with E-state index >= 15 is 0 Å². The third-order valence-corrected chi connectivity index (χ3v) is 7.09. The van der Waals surface area contributed by atoms with E-state index < -0.39 is 0 Å². The lowest BCUT2D eigenvalue weighted by Gasteiger charge is -2.34. The fraction of sp³-hybridized carbons (Fsp3) is 1.00. The quantitative estimate of drug-likeness (QED) is 0.264. The van der Waals surface area contributed by atoms with Crippen LogP contribution in [0.2, 0.25) is 0 Å². The highest BCUT2D eigenvalue weighted by Gasteiger charge is 2.30. The molecule has 2 N–H and O–H groups in total. The summed E-state index contributed by atoms with van der Waals surface area (Å²) < 4.78 is 22.2. The summed E-state index contributed by atoms with van der Waals surface area (Å²) in [5.74, 6) is 0. The highest BCUT2D eigenvalue weighted by atomic mass is 16.6. The minimum atomic E-state index is -0.248. The molecule has 3 aliphatic rings. The molecule has 0 amide bonds. The van der Waals surface area contributed by atoms with Crippen molar-refractivity contribution in [2.75, 3.05) is 79.0 Å². The number of rotatable bonds is 16. The first-order valence-electron chi connectivity index (χ1n) is 13.6. The Bertz CT molecular complexity index is 444. The van der Waals surface area contributed by atoms with Crippen molar-refractivity contribution in [2.45, 2.75) is 83.8 Å². The molecule has 0 saturated carbocycles. The SMILES string of the molecule is C1CCNCC1.CCOCCCC(CC)(CCCC(O)CN1CCOCC1)COCC1CO1. The molecule has 3 unspecified atom stereocenters. The number of nitrogens with one attached hydrogen (secondary N) is 1. The lowest BCUT2D eigenvalue weighted by atomic mass is 9.77. The molecule has 3 fully saturated rings. The van der Waals surface area contributed by atoms with Crippen molar-refractivity contribution in [1.29, 1.82) is 0 Å². The highest BCUT2D eigenvalue weighted by molar-refractivity contribution is 4.80. The van der Waals surface area contributed by atoms with Crippen LogP contribution in [-0.4, -0.2) is 101 Å². The summed E-state index contributed by atoms with van der Waals surface area (Å²) in [5, 5.41) is 13.7. The molecule has 0 aromatic heterocycles. The van der Waals surface area contributed by atoms with Gasteiger partial charge in [0.2, 0.25) is 0 Å². The van der Waals surface area contributed by atoms with Gasteiger partial charge in [-0.15, -0.1) is 0 Å². The van der Waals surface area contributed by atoms with Crippen LogP contribution in [0.3, 0.4) is 0 Å². The Hall–Kier alpha value is -0.280. The zero-order valence-electron chi connectivity index (χ0n) is 21.5. The molecule has 3 saturated heterocycles. The van der Waals surface area contributed by atoms with Crippen molar-refractivity contribution in [3.8, 4) is 0 Å². The smallest absolute Gasteiger partial charge is 0.104 e. The van der Waals surface area contributed by atoms with Gasteiger partial charge in [0.05, 0.1) is 39.1 Å². The molecule has 3 rings (SSSR count). The van der Waals surface area contributed by atoms with E-state index in [0.29, 0.717) is 12.7 Å². The number of nitrogens with zero attached hydrogens (tertiary/aromatic N) is 1. The van der Waals surface area contributed by atoms with E-state index in [4.69, 9.17) is 18.9 Å². The number of morpholine rings is 1. The summed E-state index contributed by atoms with van der Waals surface area (Å²) in [6.45, 7) is 15.0. The van der Waals surface area contributed by atoms with E-state index in [1.807, 2.05) is 6.92 Å². The molecule has 3 aliphatic heterocycles. The van der Waals surface area contributed by atoms with Crippen LogP contribution in [-0.2, 0) is 18.9 Å². The van der Waals surface area contributed by atoms with Gasteiger partial charge < -0.3 is 29.4 Å². The maximum atomic E-state index is 10.4. The minimum Gasteiger partial charge on any atom is -0.392 e. The second kappa shape index (κ2) is 18.1. The molecule has 0 spiro atoms. The molecule has 3 atom stereocenters. The average Bonchev–Trinajstić information content (AvgIpc) is 3.68. The summed E-state index contributed by atoms with van der Waals surface area (Å²) >= 11 is 0. The topological polar surface area (TPSA) is 75.7 Å². The summed E-state index contributed by atoms with van der Waals surface area (Å²) in [6.07, 6.45) is 10.6. The predicted molar refractivity (Wildman–Crippen MR) is 133 cm³/mol. The van der Waals surface area contributed by atoms with Gasteiger partial charge >= 0.3 is 0 Å². The molecule has 7 heteroatoms. The van der Waals surface area contributed by atoms with Crippen LogP contribution in [0.5, 0.6) is 0 Å². The Kier molecular flexibility index (Phi) is 15.8. The van der Waals surface area contributed by atoms with Gasteiger partial charge in [-0.1, -0.05) is 19.8 Å². The lowest BCUT2D eigenvalue weighted by molar-refractivity contribution is 0.00407. The number of aliphatic hydroxyl groups is 1. The van der Waals surface area contributed by atoms with Crippen LogP contribution < -0.4 is 5.32 Å². The maximum absolute atomic E-state index is 10.4. The molecule has 0 radical (unpaired) electrons. The molecule has 33 heavy (non-hydrogen) atoms. The molecular formula is C26H52N2O5. The van der Waals surface area contributed by atoms with E-state index in [2.05, 4.69) is 17.1 Å². The van der Waals surface area contributed by atoms with Gasteiger partial charge in [-0.2, -0.15) is 0 Å². The minimum absolute atomic E-state index is 0.185. The Labute approximate surface area is 202 Å². The number of β-amino-alcohol motifs (C(OH)–C–C–N with tert-alkyl or cyclic N) is 1. The van der Waals surface area contributed by atoms with Gasteiger partial charge in [0.1, 0.15) is 6.10 Å². The van der Waals surface area contributed by atoms with Gasteiger partial charge in [-0.05, 0) is 70.4 Å². The Morgan fingerprint density at radius 1 is 1.06 bits per heavy atom. The predicted octanol–water partition coefficient (Wildman–Crippen LogP) is 3.24. The molecule has 3 heterocycles. The van der Waals surface area contributed by atoms with Crippen LogP contribution in [0.1, 0.15) is 71.6 Å². The second-order valence-corrected chi connectivity index (χ2v) is 9.89. The number of hydrogen-bond acceptors (Lipinski definition) is 7. The van der Waals surface area contributed by atoms with Crippen LogP contribution in [0, 0.1) is 5.41 Å². The largest absolute Gasteiger partial charge is 0.392 e. The van der Waals surface area contributed by atoms with Crippen LogP contribution in [0.4, 0.5) is 0 Å². The lowest BCUT2D eigenvalue weighted by Crippen LogP contribution is -2.41. The van der Waals surface area contributed by atoms with Gasteiger partial charge in [-0.3, -0.25) is 4.90 Å². The second-order valence-electron chi connectivity index (χ2n) is 9.89. The number of hydrogen-bond donors (Lipinski definition) is 2. The zero-order valence-corrected chi connectivity index (χ0v) is 21.5. The summed E-state index contributed by atoms with van der Waals surface area (Å²) in [6, 6.07) is 0. The van der Waals surface area contributed by atoms with Crippen molar-refractivity contribution in [3.63, 3.8) is 0 Å². The first kappa shape index (κ1) is 29.0. The van der Waals surface area contributed by atoms with Crippen LogP contribution in [0.25, 0.3) is 0 Å². The van der Waals surface area contributed by atoms with Gasteiger partial charge in [0.25, 0.3) is 0 Å². The fourth-order valence-electron chi connectivity index (χ4n) is 4.68. The monoisotopic (exact) mass is 472 g/mol. The molecule has 0 aliphatic carbocycles. The Morgan fingerprint density at radius 3 is 2.36 bits per heavy atom. The van der Waals surface area contributed by atoms with Crippen LogP contribution in [0.15, 0.2) is 0 Å². The zero-order chi connectivity index (χ0) is 23.6. The number of aliphatic hydroxyl groups excluding tert-OH is 1. The van der Waals surface area contributed by atoms with Crippen molar-refractivity contribution >= 4 is 0 Å².